The molecule has 0 aliphatic carbocycles. The number of thiazole rings is 1. The monoisotopic (exact) mass is 373 g/mol. The summed E-state index contributed by atoms with van der Waals surface area (Å²) in [6.07, 6.45) is 1.85. The number of hydrogen-bond donors (Lipinski definition) is 1. The van der Waals surface area contributed by atoms with Crippen LogP contribution in [0, 0.1) is 5.92 Å². The Kier molecular flexibility index (Phi) is 6.33. The molecule has 6 nitrogen and oxygen atoms in total. The minimum atomic E-state index is 0.510. The summed E-state index contributed by atoms with van der Waals surface area (Å²) in [6.45, 7) is 9.14. The number of anilines is 1. The zero-order valence-electron chi connectivity index (χ0n) is 15.5. The summed E-state index contributed by atoms with van der Waals surface area (Å²) in [7, 11) is 0. The minimum absolute atomic E-state index is 0.510. The molecular weight excluding hydrogens is 346 g/mol. The van der Waals surface area contributed by atoms with Gasteiger partial charge in [0.25, 0.3) is 0 Å². The quantitative estimate of drug-likeness (QED) is 0.623. The van der Waals surface area contributed by atoms with E-state index >= 15 is 0 Å². The molecule has 0 amide bonds. The highest BCUT2D eigenvalue weighted by atomic mass is 32.1. The first-order valence-electron chi connectivity index (χ1n) is 9.03. The number of ether oxygens (including phenoxy) is 1. The highest BCUT2D eigenvalue weighted by molar-refractivity contribution is 7.13. The Morgan fingerprint density at radius 3 is 2.81 bits per heavy atom. The Morgan fingerprint density at radius 2 is 2.12 bits per heavy atom. The van der Waals surface area contributed by atoms with E-state index in [4.69, 9.17) is 10.5 Å². The number of piperazine rings is 1. The van der Waals surface area contributed by atoms with Crippen molar-refractivity contribution >= 4 is 22.4 Å². The third-order valence-electron chi connectivity index (χ3n) is 4.20. The Bertz CT molecular complexity index is 708. The fourth-order valence-electron chi connectivity index (χ4n) is 2.77. The summed E-state index contributed by atoms with van der Waals surface area (Å²) in [5.41, 5.74) is 7.32. The molecule has 2 heterocycles. The molecule has 0 spiro atoms. The van der Waals surface area contributed by atoms with Gasteiger partial charge in [0.1, 0.15) is 5.75 Å². The van der Waals surface area contributed by atoms with E-state index in [2.05, 4.69) is 39.7 Å². The van der Waals surface area contributed by atoms with Crippen LogP contribution in [0.5, 0.6) is 5.75 Å². The number of guanidine groups is 1. The average Bonchev–Trinajstić information content (AvgIpc) is 3.20. The SMILES string of the molecule is CC(C)COc1cccc(CN=C(N)N2CCN(c3nccs3)CC2)c1. The Balaban J connectivity index is 1.51. The lowest BCUT2D eigenvalue weighted by atomic mass is 10.2. The van der Waals surface area contributed by atoms with Crippen LogP contribution in [0.4, 0.5) is 5.13 Å². The summed E-state index contributed by atoms with van der Waals surface area (Å²) < 4.78 is 5.78. The average molecular weight is 374 g/mol. The van der Waals surface area contributed by atoms with Crippen LogP contribution in [0.2, 0.25) is 0 Å². The summed E-state index contributed by atoms with van der Waals surface area (Å²) in [6, 6.07) is 8.08. The van der Waals surface area contributed by atoms with E-state index in [1.54, 1.807) is 11.3 Å². The van der Waals surface area contributed by atoms with Gasteiger partial charge < -0.3 is 20.3 Å². The molecule has 7 heteroatoms. The summed E-state index contributed by atoms with van der Waals surface area (Å²) in [5.74, 6) is 2.01. The first-order valence-corrected chi connectivity index (χ1v) is 9.91. The van der Waals surface area contributed by atoms with Gasteiger partial charge in [0.15, 0.2) is 11.1 Å². The zero-order chi connectivity index (χ0) is 18.4. The van der Waals surface area contributed by atoms with E-state index in [9.17, 15) is 0 Å². The predicted molar refractivity (Wildman–Crippen MR) is 108 cm³/mol. The van der Waals surface area contributed by atoms with Crippen LogP contribution < -0.4 is 15.4 Å². The first-order chi connectivity index (χ1) is 12.6. The number of nitrogens with zero attached hydrogens (tertiary/aromatic N) is 4. The van der Waals surface area contributed by atoms with Gasteiger partial charge in [-0.2, -0.15) is 0 Å². The van der Waals surface area contributed by atoms with Crippen molar-refractivity contribution in [2.24, 2.45) is 16.6 Å². The van der Waals surface area contributed by atoms with Gasteiger partial charge in [-0.15, -0.1) is 11.3 Å². The Hall–Kier alpha value is -2.28. The van der Waals surface area contributed by atoms with Crippen molar-refractivity contribution < 1.29 is 4.74 Å². The summed E-state index contributed by atoms with van der Waals surface area (Å²) >= 11 is 1.68. The third kappa shape index (κ3) is 5.11. The second kappa shape index (κ2) is 8.89. The number of hydrogen-bond acceptors (Lipinski definition) is 5. The highest BCUT2D eigenvalue weighted by Gasteiger charge is 2.19. The van der Waals surface area contributed by atoms with Gasteiger partial charge in [0, 0.05) is 37.8 Å². The van der Waals surface area contributed by atoms with Crippen LogP contribution in [0.3, 0.4) is 0 Å². The van der Waals surface area contributed by atoms with Gasteiger partial charge in [-0.05, 0) is 23.6 Å². The van der Waals surface area contributed by atoms with Gasteiger partial charge in [-0.1, -0.05) is 26.0 Å². The topological polar surface area (TPSA) is 67.0 Å². The lowest BCUT2D eigenvalue weighted by Crippen LogP contribution is -2.51. The Morgan fingerprint density at radius 1 is 1.31 bits per heavy atom. The van der Waals surface area contributed by atoms with E-state index in [0.29, 0.717) is 18.4 Å². The standard InChI is InChI=1S/C19H27N5OS/c1-15(2)14-25-17-5-3-4-16(12-17)13-22-18(20)23-7-9-24(10-8-23)19-21-6-11-26-19/h3-6,11-12,15H,7-10,13-14H2,1-2H3,(H2,20,22). The molecule has 2 aromatic rings. The molecule has 0 atom stereocenters. The number of aromatic nitrogens is 1. The third-order valence-corrected chi connectivity index (χ3v) is 5.03. The molecular formula is C19H27N5OS. The van der Waals surface area contributed by atoms with Crippen molar-refractivity contribution in [3.8, 4) is 5.75 Å². The van der Waals surface area contributed by atoms with Gasteiger partial charge in [-0.25, -0.2) is 9.98 Å². The maximum Gasteiger partial charge on any atom is 0.191 e. The van der Waals surface area contributed by atoms with Crippen molar-refractivity contribution in [3.63, 3.8) is 0 Å². The van der Waals surface area contributed by atoms with Crippen molar-refractivity contribution in [1.29, 1.82) is 0 Å². The number of rotatable bonds is 6. The molecule has 3 rings (SSSR count). The number of benzene rings is 1. The van der Waals surface area contributed by atoms with Gasteiger partial charge in [0.2, 0.25) is 0 Å². The number of aliphatic imine (C=N–C) groups is 1. The molecule has 0 bridgehead atoms. The van der Waals surface area contributed by atoms with Crippen molar-refractivity contribution in [1.82, 2.24) is 9.88 Å². The summed E-state index contributed by atoms with van der Waals surface area (Å²) in [4.78, 5) is 13.4. The molecule has 0 radical (unpaired) electrons. The molecule has 1 aromatic heterocycles. The normalized spacial score (nSPS) is 15.6. The van der Waals surface area contributed by atoms with Crippen LogP contribution in [0.25, 0.3) is 0 Å². The molecule has 140 valence electrons. The minimum Gasteiger partial charge on any atom is -0.493 e. The predicted octanol–water partition coefficient (Wildman–Crippen LogP) is 2.81. The van der Waals surface area contributed by atoms with Crippen LogP contribution >= 0.6 is 11.3 Å². The summed E-state index contributed by atoms with van der Waals surface area (Å²) in [5, 5.41) is 3.09. The molecule has 1 aromatic carbocycles. The van der Waals surface area contributed by atoms with Crippen molar-refractivity contribution in [3.05, 3.63) is 41.4 Å². The molecule has 1 fully saturated rings. The maximum atomic E-state index is 6.21. The molecule has 0 saturated carbocycles. The second-order valence-corrected chi connectivity index (χ2v) is 7.69. The lowest BCUT2D eigenvalue weighted by molar-refractivity contribution is 0.271. The molecule has 1 saturated heterocycles. The van der Waals surface area contributed by atoms with E-state index in [-0.39, 0.29) is 0 Å². The second-order valence-electron chi connectivity index (χ2n) is 6.82. The van der Waals surface area contributed by atoms with Crippen molar-refractivity contribution in [2.45, 2.75) is 20.4 Å². The van der Waals surface area contributed by atoms with E-state index < -0.39 is 0 Å². The van der Waals surface area contributed by atoms with E-state index in [0.717, 1.165) is 49.2 Å². The van der Waals surface area contributed by atoms with Gasteiger partial charge >= 0.3 is 0 Å². The van der Waals surface area contributed by atoms with E-state index in [1.165, 1.54) is 0 Å². The van der Waals surface area contributed by atoms with Crippen LogP contribution in [-0.2, 0) is 6.54 Å². The number of nitrogens with two attached hydrogens (primary N) is 1. The Labute approximate surface area is 159 Å². The molecule has 1 aliphatic heterocycles. The fraction of sp³-hybridized carbons (Fsp3) is 0.474. The smallest absolute Gasteiger partial charge is 0.191 e. The van der Waals surface area contributed by atoms with Gasteiger partial charge in [0.05, 0.1) is 13.2 Å². The van der Waals surface area contributed by atoms with Crippen LogP contribution in [0.15, 0.2) is 40.8 Å². The van der Waals surface area contributed by atoms with Crippen LogP contribution in [-0.4, -0.2) is 48.6 Å². The molecule has 1 aliphatic rings. The van der Waals surface area contributed by atoms with E-state index in [1.807, 2.05) is 29.8 Å². The fourth-order valence-corrected chi connectivity index (χ4v) is 3.46. The maximum absolute atomic E-state index is 6.21. The molecule has 26 heavy (non-hydrogen) atoms. The highest BCUT2D eigenvalue weighted by Crippen LogP contribution is 2.19. The first kappa shape index (κ1) is 18.5. The largest absolute Gasteiger partial charge is 0.493 e. The molecule has 0 unspecified atom stereocenters. The zero-order valence-corrected chi connectivity index (χ0v) is 16.3. The van der Waals surface area contributed by atoms with Crippen LogP contribution in [0.1, 0.15) is 19.4 Å². The molecule has 2 N–H and O–H groups in total. The van der Waals surface area contributed by atoms with Gasteiger partial charge in [-0.3, -0.25) is 0 Å². The van der Waals surface area contributed by atoms with Crippen molar-refractivity contribution in [2.75, 3.05) is 37.7 Å². The lowest BCUT2D eigenvalue weighted by Gasteiger charge is -2.35.